The van der Waals surface area contributed by atoms with Crippen LogP contribution in [0.3, 0.4) is 0 Å². The highest BCUT2D eigenvalue weighted by Gasteiger charge is 2.13. The summed E-state index contributed by atoms with van der Waals surface area (Å²) in [4.78, 5) is 11.9. The van der Waals surface area contributed by atoms with Gasteiger partial charge in [-0.05, 0) is 36.4 Å². The molecule has 0 radical (unpaired) electrons. The van der Waals surface area contributed by atoms with Gasteiger partial charge in [-0.25, -0.2) is 14.3 Å². The SMILES string of the molecule is CCCn1c(Sc2ccc(C(N)=NO)cc2F)n[nH]c1=O. The molecule has 21 heavy (non-hydrogen) atoms. The quantitative estimate of drug-likeness (QED) is 0.334. The Morgan fingerprint density at radius 3 is 3.00 bits per heavy atom. The lowest BCUT2D eigenvalue weighted by Gasteiger charge is -2.06. The Labute approximate surface area is 123 Å². The Hall–Kier alpha value is -2.29. The van der Waals surface area contributed by atoms with E-state index < -0.39 is 5.82 Å². The lowest BCUT2D eigenvalue weighted by Crippen LogP contribution is -2.17. The molecule has 9 heteroatoms. The van der Waals surface area contributed by atoms with E-state index in [1.807, 2.05) is 6.92 Å². The number of hydrogen-bond donors (Lipinski definition) is 3. The first-order valence-electron chi connectivity index (χ1n) is 6.17. The summed E-state index contributed by atoms with van der Waals surface area (Å²) in [6.45, 7) is 2.43. The van der Waals surface area contributed by atoms with Gasteiger partial charge in [0.05, 0.1) is 4.90 Å². The van der Waals surface area contributed by atoms with Crippen LogP contribution in [0.5, 0.6) is 0 Å². The number of nitrogens with one attached hydrogen (secondary N) is 1. The van der Waals surface area contributed by atoms with E-state index in [-0.39, 0.29) is 17.1 Å². The van der Waals surface area contributed by atoms with Gasteiger partial charge in [0.1, 0.15) is 5.82 Å². The second-order valence-electron chi connectivity index (χ2n) is 4.20. The zero-order valence-corrected chi connectivity index (χ0v) is 12.0. The number of nitrogens with zero attached hydrogens (tertiary/aromatic N) is 3. The monoisotopic (exact) mass is 311 g/mol. The predicted octanol–water partition coefficient (Wildman–Crippen LogP) is 1.37. The van der Waals surface area contributed by atoms with Gasteiger partial charge in [-0.3, -0.25) is 4.57 Å². The average molecular weight is 311 g/mol. The summed E-state index contributed by atoms with van der Waals surface area (Å²) < 4.78 is 15.5. The van der Waals surface area contributed by atoms with Gasteiger partial charge >= 0.3 is 5.69 Å². The molecule has 0 unspecified atom stereocenters. The molecular formula is C12H14FN5O2S. The molecule has 0 aliphatic heterocycles. The summed E-state index contributed by atoms with van der Waals surface area (Å²) in [5.74, 6) is -0.712. The lowest BCUT2D eigenvalue weighted by atomic mass is 10.2. The maximum absolute atomic E-state index is 14.0. The molecule has 4 N–H and O–H groups in total. The Balaban J connectivity index is 2.30. The zero-order valence-electron chi connectivity index (χ0n) is 11.2. The molecule has 0 fully saturated rings. The van der Waals surface area contributed by atoms with Crippen molar-refractivity contribution in [3.63, 3.8) is 0 Å². The minimum Gasteiger partial charge on any atom is -0.409 e. The molecule has 1 aromatic carbocycles. The molecule has 7 nitrogen and oxygen atoms in total. The van der Waals surface area contributed by atoms with Crippen molar-refractivity contribution in [1.29, 1.82) is 0 Å². The summed E-state index contributed by atoms with van der Waals surface area (Å²) in [6.07, 6.45) is 0.762. The van der Waals surface area contributed by atoms with Gasteiger partial charge < -0.3 is 10.9 Å². The molecule has 0 saturated heterocycles. The number of benzene rings is 1. The van der Waals surface area contributed by atoms with Gasteiger partial charge in [-0.2, -0.15) is 0 Å². The molecule has 0 amide bonds. The highest BCUT2D eigenvalue weighted by molar-refractivity contribution is 7.99. The molecule has 2 aromatic rings. The minimum atomic E-state index is -0.539. The third-order valence-electron chi connectivity index (χ3n) is 2.71. The molecule has 0 saturated carbocycles. The molecule has 0 aliphatic rings. The number of aromatic nitrogens is 3. The zero-order chi connectivity index (χ0) is 15.4. The highest BCUT2D eigenvalue weighted by atomic mass is 32.2. The number of hydrogen-bond acceptors (Lipinski definition) is 5. The molecule has 0 bridgehead atoms. The third-order valence-corrected chi connectivity index (χ3v) is 3.75. The van der Waals surface area contributed by atoms with E-state index in [0.717, 1.165) is 24.2 Å². The van der Waals surface area contributed by atoms with E-state index in [4.69, 9.17) is 10.9 Å². The molecule has 1 heterocycles. The summed E-state index contributed by atoms with van der Waals surface area (Å²) >= 11 is 1.03. The first-order chi connectivity index (χ1) is 10.1. The van der Waals surface area contributed by atoms with Crippen molar-refractivity contribution in [3.05, 3.63) is 40.1 Å². The molecule has 0 aliphatic carbocycles. The number of amidine groups is 1. The fourth-order valence-corrected chi connectivity index (χ4v) is 2.57. The number of rotatable bonds is 5. The highest BCUT2D eigenvalue weighted by Crippen LogP contribution is 2.28. The number of oxime groups is 1. The van der Waals surface area contributed by atoms with Crippen molar-refractivity contribution in [2.75, 3.05) is 0 Å². The second-order valence-corrected chi connectivity index (χ2v) is 5.20. The van der Waals surface area contributed by atoms with Crippen LogP contribution in [-0.4, -0.2) is 25.8 Å². The topological polar surface area (TPSA) is 109 Å². The van der Waals surface area contributed by atoms with E-state index >= 15 is 0 Å². The van der Waals surface area contributed by atoms with Crippen molar-refractivity contribution in [2.45, 2.75) is 29.9 Å². The van der Waals surface area contributed by atoms with Crippen LogP contribution < -0.4 is 11.4 Å². The molecule has 0 spiro atoms. The summed E-state index contributed by atoms with van der Waals surface area (Å²) in [5.41, 5.74) is 5.34. The fourth-order valence-electron chi connectivity index (χ4n) is 1.70. The van der Waals surface area contributed by atoms with E-state index in [2.05, 4.69) is 15.4 Å². The number of nitrogens with two attached hydrogens (primary N) is 1. The molecule has 2 rings (SSSR count). The van der Waals surface area contributed by atoms with Crippen LogP contribution in [0.2, 0.25) is 0 Å². The van der Waals surface area contributed by atoms with Crippen LogP contribution in [0.1, 0.15) is 18.9 Å². The van der Waals surface area contributed by atoms with Crippen LogP contribution in [-0.2, 0) is 6.54 Å². The van der Waals surface area contributed by atoms with Gasteiger partial charge in [-0.1, -0.05) is 12.1 Å². The maximum Gasteiger partial charge on any atom is 0.343 e. The number of halogens is 1. The summed E-state index contributed by atoms with van der Waals surface area (Å²) in [6, 6.07) is 4.17. The van der Waals surface area contributed by atoms with Gasteiger partial charge in [0.15, 0.2) is 11.0 Å². The Kier molecular flexibility index (Phi) is 4.63. The van der Waals surface area contributed by atoms with E-state index in [0.29, 0.717) is 16.6 Å². The van der Waals surface area contributed by atoms with Crippen molar-refractivity contribution >= 4 is 17.6 Å². The average Bonchev–Trinajstić information content (AvgIpc) is 2.82. The first-order valence-corrected chi connectivity index (χ1v) is 6.99. The van der Waals surface area contributed by atoms with Crippen LogP contribution >= 0.6 is 11.8 Å². The van der Waals surface area contributed by atoms with Gasteiger partial charge in [0.2, 0.25) is 0 Å². The smallest absolute Gasteiger partial charge is 0.343 e. The lowest BCUT2D eigenvalue weighted by molar-refractivity contribution is 0.318. The summed E-state index contributed by atoms with van der Waals surface area (Å²) in [5, 5.41) is 18.0. The molecular weight excluding hydrogens is 297 g/mol. The predicted molar refractivity (Wildman–Crippen MR) is 76.2 cm³/mol. The standard InChI is InChI=1S/C12H14FN5O2S/c1-2-5-18-11(19)15-16-12(18)21-9-4-3-7(6-8(9)13)10(14)17-20/h3-4,6,20H,2,5H2,1H3,(H2,14,17)(H,15,19). The van der Waals surface area contributed by atoms with Gasteiger partial charge in [0, 0.05) is 12.1 Å². The van der Waals surface area contributed by atoms with Crippen molar-refractivity contribution in [1.82, 2.24) is 14.8 Å². The van der Waals surface area contributed by atoms with E-state index in [1.165, 1.54) is 16.7 Å². The van der Waals surface area contributed by atoms with Crippen molar-refractivity contribution < 1.29 is 9.60 Å². The fraction of sp³-hybridized carbons (Fsp3) is 0.250. The minimum absolute atomic E-state index is 0.173. The number of aromatic amines is 1. The summed E-state index contributed by atoms with van der Waals surface area (Å²) in [7, 11) is 0. The molecule has 112 valence electrons. The largest absolute Gasteiger partial charge is 0.409 e. The number of H-pyrrole nitrogens is 1. The normalized spacial score (nSPS) is 11.8. The maximum atomic E-state index is 14.0. The molecule has 0 atom stereocenters. The van der Waals surface area contributed by atoms with Crippen LogP contribution in [0.25, 0.3) is 0 Å². The Morgan fingerprint density at radius 2 is 2.38 bits per heavy atom. The van der Waals surface area contributed by atoms with Crippen LogP contribution in [0.4, 0.5) is 4.39 Å². The third kappa shape index (κ3) is 3.24. The van der Waals surface area contributed by atoms with Crippen molar-refractivity contribution in [3.8, 4) is 0 Å². The molecule has 1 aromatic heterocycles. The Morgan fingerprint density at radius 1 is 1.62 bits per heavy atom. The first kappa shape index (κ1) is 15.1. The van der Waals surface area contributed by atoms with E-state index in [1.54, 1.807) is 0 Å². The second kappa shape index (κ2) is 6.44. The van der Waals surface area contributed by atoms with Crippen LogP contribution in [0.15, 0.2) is 38.2 Å². The van der Waals surface area contributed by atoms with Crippen molar-refractivity contribution in [2.24, 2.45) is 10.9 Å². The van der Waals surface area contributed by atoms with E-state index in [9.17, 15) is 9.18 Å². The van der Waals surface area contributed by atoms with Crippen LogP contribution in [0, 0.1) is 5.82 Å². The Bertz CT molecular complexity index is 725. The van der Waals surface area contributed by atoms with Gasteiger partial charge in [0.25, 0.3) is 0 Å². The van der Waals surface area contributed by atoms with Gasteiger partial charge in [-0.15, -0.1) is 5.10 Å².